The topological polar surface area (TPSA) is 21.6 Å². The summed E-state index contributed by atoms with van der Waals surface area (Å²) >= 11 is 0. The maximum absolute atomic E-state index is 13.4. The van der Waals surface area contributed by atoms with Gasteiger partial charge in [0, 0.05) is 6.42 Å². The van der Waals surface area contributed by atoms with Crippen molar-refractivity contribution in [2.75, 3.05) is 0 Å². The second kappa shape index (κ2) is 6.16. The Kier molecular flexibility index (Phi) is 3.94. The average Bonchev–Trinajstić information content (AvgIpc) is 3.05. The van der Waals surface area contributed by atoms with Crippen molar-refractivity contribution in [2.45, 2.75) is 24.6 Å². The van der Waals surface area contributed by atoms with Gasteiger partial charge in [-0.2, -0.15) is 13.2 Å². The summed E-state index contributed by atoms with van der Waals surface area (Å²) in [5, 5.41) is 5.87. The zero-order valence-corrected chi connectivity index (χ0v) is 13.8. The average molecular weight is 355 g/mol. The van der Waals surface area contributed by atoms with Crippen LogP contribution in [0, 0.1) is 0 Å². The van der Waals surface area contributed by atoms with Gasteiger partial charge in [-0.15, -0.1) is 0 Å². The van der Waals surface area contributed by atoms with Crippen LogP contribution < -0.4 is 0 Å². The number of hydrogen-bond acceptors (Lipinski definition) is 2. The van der Waals surface area contributed by atoms with Crippen molar-refractivity contribution in [3.8, 4) is 0 Å². The molecule has 5 heteroatoms. The van der Waals surface area contributed by atoms with Gasteiger partial charge in [-0.3, -0.25) is 0 Å². The summed E-state index contributed by atoms with van der Waals surface area (Å²) in [6, 6.07) is 22.0. The third-order valence-corrected chi connectivity index (χ3v) is 4.65. The fourth-order valence-corrected chi connectivity index (χ4v) is 3.41. The second-order valence-corrected chi connectivity index (χ2v) is 6.52. The Hall–Kier alpha value is -2.82. The van der Waals surface area contributed by atoms with E-state index in [0.717, 1.165) is 16.3 Å². The number of halogens is 3. The molecule has 132 valence electrons. The highest BCUT2D eigenvalue weighted by Gasteiger charge is 2.49. The van der Waals surface area contributed by atoms with Gasteiger partial charge in [0.05, 0.1) is 12.1 Å². The second-order valence-electron chi connectivity index (χ2n) is 6.52. The molecule has 1 aliphatic rings. The van der Waals surface area contributed by atoms with Crippen LogP contribution in [0.25, 0.3) is 10.8 Å². The molecule has 0 radical (unpaired) electrons. The van der Waals surface area contributed by atoms with E-state index in [9.17, 15) is 13.2 Å². The summed E-state index contributed by atoms with van der Waals surface area (Å²) in [4.78, 5) is 5.49. The molecule has 0 N–H and O–H groups in total. The lowest BCUT2D eigenvalue weighted by Gasteiger charge is -2.28. The fourth-order valence-electron chi connectivity index (χ4n) is 3.41. The van der Waals surface area contributed by atoms with Crippen LogP contribution in [0.2, 0.25) is 0 Å². The Morgan fingerprint density at radius 1 is 0.885 bits per heavy atom. The third-order valence-electron chi connectivity index (χ3n) is 4.65. The van der Waals surface area contributed by atoms with Gasteiger partial charge in [0.25, 0.3) is 0 Å². The van der Waals surface area contributed by atoms with Crippen LogP contribution in [0.3, 0.4) is 0 Å². The van der Waals surface area contributed by atoms with Crippen molar-refractivity contribution in [1.82, 2.24) is 0 Å². The molecule has 0 unspecified atom stereocenters. The number of fused-ring (bicyclic) bond motifs is 1. The van der Waals surface area contributed by atoms with Crippen LogP contribution in [-0.4, -0.2) is 11.9 Å². The predicted molar refractivity (Wildman–Crippen MR) is 95.0 cm³/mol. The normalized spacial score (nSPS) is 20.0. The first-order valence-electron chi connectivity index (χ1n) is 8.32. The molecule has 0 saturated carbocycles. The van der Waals surface area contributed by atoms with Crippen LogP contribution in [0.5, 0.6) is 0 Å². The van der Waals surface area contributed by atoms with Crippen molar-refractivity contribution < 1.29 is 18.0 Å². The van der Waals surface area contributed by atoms with Crippen LogP contribution in [-0.2, 0) is 10.4 Å². The van der Waals surface area contributed by atoms with Crippen molar-refractivity contribution >= 4 is 16.5 Å². The first-order chi connectivity index (χ1) is 12.5. The fraction of sp³-hybridized carbons (Fsp3) is 0.190. The highest BCUT2D eigenvalue weighted by Crippen LogP contribution is 2.45. The molecule has 0 bridgehead atoms. The zero-order chi connectivity index (χ0) is 18.2. The summed E-state index contributed by atoms with van der Waals surface area (Å²) in [6.07, 6.45) is -5.37. The molecule has 0 saturated heterocycles. The van der Waals surface area contributed by atoms with E-state index in [1.54, 1.807) is 12.1 Å². The SMILES string of the molecule is FC(F)(F)C[C@]1(c2ccc3ccccc3c2)CC(c2ccccc2)=NO1. The minimum atomic E-state index is -4.37. The van der Waals surface area contributed by atoms with E-state index in [-0.39, 0.29) is 6.42 Å². The van der Waals surface area contributed by atoms with E-state index in [1.165, 1.54) is 0 Å². The monoisotopic (exact) mass is 355 g/mol. The highest BCUT2D eigenvalue weighted by atomic mass is 19.4. The Bertz CT molecular complexity index is 966. The minimum Gasteiger partial charge on any atom is -0.383 e. The van der Waals surface area contributed by atoms with E-state index in [4.69, 9.17) is 4.84 Å². The van der Waals surface area contributed by atoms with Crippen molar-refractivity contribution in [3.63, 3.8) is 0 Å². The largest absolute Gasteiger partial charge is 0.393 e. The molecular formula is C21H16F3NO. The summed E-state index contributed by atoms with van der Waals surface area (Å²) < 4.78 is 40.1. The summed E-state index contributed by atoms with van der Waals surface area (Å²) in [7, 11) is 0. The molecule has 0 fully saturated rings. The smallest absolute Gasteiger partial charge is 0.383 e. The molecule has 1 atom stereocenters. The van der Waals surface area contributed by atoms with Gasteiger partial charge >= 0.3 is 6.18 Å². The van der Waals surface area contributed by atoms with Gasteiger partial charge in [0.15, 0.2) is 5.60 Å². The number of benzene rings is 3. The molecule has 1 aliphatic heterocycles. The number of oxime groups is 1. The summed E-state index contributed by atoms with van der Waals surface area (Å²) in [5.41, 5.74) is 0.261. The van der Waals surface area contributed by atoms with Gasteiger partial charge < -0.3 is 4.84 Å². The van der Waals surface area contributed by atoms with Crippen molar-refractivity contribution in [3.05, 3.63) is 83.9 Å². The Morgan fingerprint density at radius 3 is 2.31 bits per heavy atom. The highest BCUT2D eigenvalue weighted by molar-refractivity contribution is 6.01. The van der Waals surface area contributed by atoms with Gasteiger partial charge in [-0.25, -0.2) is 0 Å². The molecule has 1 heterocycles. The Morgan fingerprint density at radius 2 is 1.58 bits per heavy atom. The quantitative estimate of drug-likeness (QED) is 0.581. The van der Waals surface area contributed by atoms with Gasteiger partial charge in [-0.1, -0.05) is 71.9 Å². The molecule has 26 heavy (non-hydrogen) atoms. The minimum absolute atomic E-state index is 0.0782. The van der Waals surface area contributed by atoms with Crippen LogP contribution in [0.15, 0.2) is 78.0 Å². The summed E-state index contributed by atoms with van der Waals surface area (Å²) in [6.45, 7) is 0. The lowest BCUT2D eigenvalue weighted by molar-refractivity contribution is -0.186. The first kappa shape index (κ1) is 16.6. The Labute approximate surface area is 148 Å². The molecule has 0 spiro atoms. The van der Waals surface area contributed by atoms with E-state index in [1.807, 2.05) is 60.7 Å². The summed E-state index contributed by atoms with van der Waals surface area (Å²) in [5.74, 6) is 0. The van der Waals surface area contributed by atoms with Crippen LogP contribution in [0.4, 0.5) is 13.2 Å². The van der Waals surface area contributed by atoms with E-state index >= 15 is 0 Å². The third kappa shape index (κ3) is 3.17. The molecule has 0 aliphatic carbocycles. The molecule has 0 aromatic heterocycles. The molecule has 3 aromatic rings. The maximum atomic E-state index is 13.4. The molecular weight excluding hydrogens is 339 g/mol. The lowest BCUT2D eigenvalue weighted by Crippen LogP contribution is -2.33. The molecule has 0 amide bonds. The van der Waals surface area contributed by atoms with Gasteiger partial charge in [0.2, 0.25) is 0 Å². The number of alkyl halides is 3. The lowest BCUT2D eigenvalue weighted by atomic mass is 9.83. The van der Waals surface area contributed by atoms with Crippen LogP contribution >= 0.6 is 0 Å². The maximum Gasteiger partial charge on any atom is 0.393 e. The molecule has 3 aromatic carbocycles. The van der Waals surface area contributed by atoms with E-state index in [0.29, 0.717) is 11.3 Å². The Balaban J connectivity index is 1.75. The van der Waals surface area contributed by atoms with Gasteiger partial charge in [-0.05, 0) is 28.0 Å². The van der Waals surface area contributed by atoms with Gasteiger partial charge in [0.1, 0.15) is 0 Å². The van der Waals surface area contributed by atoms with Crippen molar-refractivity contribution in [2.24, 2.45) is 5.16 Å². The first-order valence-corrected chi connectivity index (χ1v) is 8.32. The van der Waals surface area contributed by atoms with Crippen molar-refractivity contribution in [1.29, 1.82) is 0 Å². The molecule has 4 rings (SSSR count). The number of rotatable bonds is 3. The van der Waals surface area contributed by atoms with Crippen LogP contribution in [0.1, 0.15) is 24.0 Å². The number of nitrogens with zero attached hydrogens (tertiary/aromatic N) is 1. The van der Waals surface area contributed by atoms with E-state index < -0.39 is 18.2 Å². The standard InChI is InChI=1S/C21H16F3NO/c22-21(23,24)14-20(13-19(25-26-20)16-7-2-1-3-8-16)18-11-10-15-6-4-5-9-17(15)12-18/h1-12H,13-14H2/t20-/m0/s1. The van der Waals surface area contributed by atoms with E-state index in [2.05, 4.69) is 5.16 Å². The predicted octanol–water partition coefficient (Wildman–Crippen LogP) is 5.81. The zero-order valence-electron chi connectivity index (χ0n) is 13.8. The molecule has 2 nitrogen and oxygen atoms in total. The number of hydrogen-bond donors (Lipinski definition) is 0.